The average molecular weight is 511 g/mol. The van der Waals surface area contributed by atoms with Gasteiger partial charge in [0.05, 0.1) is 24.8 Å². The molecule has 0 aromatic carbocycles. The molecule has 5 heterocycles. The summed E-state index contributed by atoms with van der Waals surface area (Å²) in [7, 11) is 0. The highest BCUT2D eigenvalue weighted by Gasteiger charge is 2.51. The van der Waals surface area contributed by atoms with Crippen LogP contribution in [0.5, 0.6) is 5.88 Å². The lowest BCUT2D eigenvalue weighted by atomic mass is 10.0. The molecule has 0 saturated carbocycles. The Labute approximate surface area is 203 Å². The quantitative estimate of drug-likeness (QED) is 0.414. The van der Waals surface area contributed by atoms with Crippen LogP contribution in [0.2, 0.25) is 0 Å². The first-order chi connectivity index (χ1) is 17.1. The molecule has 2 aromatic heterocycles. The maximum absolute atomic E-state index is 14.0. The number of morpholine rings is 1. The van der Waals surface area contributed by atoms with E-state index in [0.717, 1.165) is 11.3 Å². The van der Waals surface area contributed by atoms with Crippen LogP contribution in [0.15, 0.2) is 29.2 Å². The maximum atomic E-state index is 14.0. The van der Waals surface area contributed by atoms with Crippen molar-refractivity contribution in [3.63, 3.8) is 0 Å². The second-order valence-electron chi connectivity index (χ2n) is 9.47. The highest BCUT2D eigenvalue weighted by Crippen LogP contribution is 2.41. The molecule has 0 N–H and O–H groups in total. The number of anilines is 2. The van der Waals surface area contributed by atoms with Crippen LogP contribution in [0.1, 0.15) is 30.1 Å². The normalized spacial score (nSPS) is 25.2. The second-order valence-corrected chi connectivity index (χ2v) is 9.47. The number of alkyl halides is 4. The van der Waals surface area contributed by atoms with E-state index in [0.29, 0.717) is 13.2 Å². The molecular formula is C23H25F4N5O4. The van der Waals surface area contributed by atoms with Crippen LogP contribution in [0.25, 0.3) is 0 Å². The van der Waals surface area contributed by atoms with Crippen molar-refractivity contribution in [2.24, 2.45) is 0 Å². The molecule has 3 aliphatic heterocycles. The minimum atomic E-state index is -4.64. The topological polar surface area (TPSA) is 89.8 Å². The number of hydrogen-bond acceptors (Lipinski definition) is 8. The van der Waals surface area contributed by atoms with Crippen molar-refractivity contribution in [1.82, 2.24) is 14.5 Å². The molecule has 9 nitrogen and oxygen atoms in total. The molecular weight excluding hydrogens is 486 g/mol. The maximum Gasteiger partial charge on any atom is 0.408 e. The first-order valence-electron chi connectivity index (χ1n) is 11.6. The molecule has 3 aliphatic rings. The van der Waals surface area contributed by atoms with Crippen LogP contribution in [0, 0.1) is 0 Å². The third-order valence-corrected chi connectivity index (χ3v) is 6.92. The van der Waals surface area contributed by atoms with Gasteiger partial charge in [-0.25, -0.2) is 9.37 Å². The summed E-state index contributed by atoms with van der Waals surface area (Å²) in [6.07, 6.45) is -3.16. The molecule has 5 rings (SSSR count). The number of Topliss-reactive ketones (excluding diaryl/α,β-unsaturated/α-hetero) is 1. The van der Waals surface area contributed by atoms with Gasteiger partial charge in [-0.3, -0.25) is 14.2 Å². The van der Waals surface area contributed by atoms with Crippen LogP contribution in [0.4, 0.5) is 29.3 Å². The van der Waals surface area contributed by atoms with E-state index < -0.39 is 48.7 Å². The van der Waals surface area contributed by atoms with E-state index in [4.69, 9.17) is 9.47 Å². The van der Waals surface area contributed by atoms with Gasteiger partial charge in [0.25, 0.3) is 5.56 Å². The Hall–Kier alpha value is -3.22. The molecule has 0 aliphatic carbocycles. The first-order valence-corrected chi connectivity index (χ1v) is 11.6. The summed E-state index contributed by atoms with van der Waals surface area (Å²) in [5.41, 5.74) is -0.823. The fourth-order valence-electron chi connectivity index (χ4n) is 5.14. The van der Waals surface area contributed by atoms with E-state index in [2.05, 4.69) is 9.97 Å². The van der Waals surface area contributed by atoms with Gasteiger partial charge in [0, 0.05) is 43.4 Å². The molecule has 36 heavy (non-hydrogen) atoms. The molecule has 2 fully saturated rings. The summed E-state index contributed by atoms with van der Waals surface area (Å²) in [5, 5.41) is 0. The highest BCUT2D eigenvalue weighted by atomic mass is 19.4. The largest absolute Gasteiger partial charge is 0.475 e. The fraction of sp³-hybridized carbons (Fsp3) is 0.565. The zero-order valence-corrected chi connectivity index (χ0v) is 19.5. The zero-order valence-electron chi connectivity index (χ0n) is 19.5. The number of ketones is 1. The standard InChI is InChI=1S/C23H25F4N5O4/c1-22-9-15(36-13-22)11-32(22)18-8-20(34)30-6-4-17(23(25,26)27)31(21(30)29-18)12-16(33)14-2-3-19(28-10-14)35-7-5-24/h2-3,8,10,15,17H,4-7,9,11-13H2,1H3/t15-,17-,22?/m0/s1. The van der Waals surface area contributed by atoms with Crippen LogP contribution in [-0.4, -0.2) is 77.2 Å². The highest BCUT2D eigenvalue weighted by molar-refractivity contribution is 5.99. The van der Waals surface area contributed by atoms with Crippen molar-refractivity contribution in [2.75, 3.05) is 42.8 Å². The summed E-state index contributed by atoms with van der Waals surface area (Å²) in [6.45, 7) is 1.14. The molecule has 13 heteroatoms. The van der Waals surface area contributed by atoms with Crippen LogP contribution in [-0.2, 0) is 11.3 Å². The molecule has 0 amide bonds. The summed E-state index contributed by atoms with van der Waals surface area (Å²) in [6, 6.07) is 2.05. The van der Waals surface area contributed by atoms with Gasteiger partial charge in [-0.2, -0.15) is 18.2 Å². The Morgan fingerprint density at radius 3 is 2.75 bits per heavy atom. The van der Waals surface area contributed by atoms with Gasteiger partial charge in [-0.05, 0) is 19.4 Å². The van der Waals surface area contributed by atoms with Crippen molar-refractivity contribution in [1.29, 1.82) is 0 Å². The van der Waals surface area contributed by atoms with Gasteiger partial charge in [0.15, 0.2) is 5.78 Å². The van der Waals surface area contributed by atoms with Crippen molar-refractivity contribution in [3.05, 3.63) is 40.3 Å². The Balaban J connectivity index is 1.48. The molecule has 2 aromatic rings. The average Bonchev–Trinajstić information content (AvgIpc) is 3.38. The third-order valence-electron chi connectivity index (χ3n) is 6.92. The fourth-order valence-corrected chi connectivity index (χ4v) is 5.14. The van der Waals surface area contributed by atoms with Crippen molar-refractivity contribution in [3.8, 4) is 5.88 Å². The van der Waals surface area contributed by atoms with E-state index in [9.17, 15) is 27.2 Å². The minimum Gasteiger partial charge on any atom is -0.475 e. The summed E-state index contributed by atoms with van der Waals surface area (Å²) >= 11 is 0. The van der Waals surface area contributed by atoms with Gasteiger partial charge in [-0.1, -0.05) is 0 Å². The van der Waals surface area contributed by atoms with E-state index >= 15 is 0 Å². The van der Waals surface area contributed by atoms with Crippen molar-refractivity contribution < 1.29 is 31.8 Å². The molecule has 0 spiro atoms. The lowest BCUT2D eigenvalue weighted by Gasteiger charge is -2.40. The van der Waals surface area contributed by atoms with Crippen molar-refractivity contribution >= 4 is 17.5 Å². The minimum absolute atomic E-state index is 0.0273. The number of rotatable bonds is 7. The predicted molar refractivity (Wildman–Crippen MR) is 120 cm³/mol. The van der Waals surface area contributed by atoms with Crippen LogP contribution in [0.3, 0.4) is 0 Å². The van der Waals surface area contributed by atoms with Gasteiger partial charge >= 0.3 is 6.18 Å². The van der Waals surface area contributed by atoms with Crippen molar-refractivity contribution in [2.45, 2.75) is 50.2 Å². The number of ether oxygens (including phenoxy) is 2. The number of nitrogens with zero attached hydrogens (tertiary/aromatic N) is 5. The number of hydrogen-bond donors (Lipinski definition) is 0. The van der Waals surface area contributed by atoms with Gasteiger partial charge in [0.1, 0.15) is 25.1 Å². The summed E-state index contributed by atoms with van der Waals surface area (Å²) in [5.74, 6) is -0.461. The molecule has 0 radical (unpaired) electrons. The lowest BCUT2D eigenvalue weighted by Crippen LogP contribution is -2.54. The van der Waals surface area contributed by atoms with E-state index in [-0.39, 0.29) is 42.5 Å². The van der Waals surface area contributed by atoms with E-state index in [1.54, 1.807) is 0 Å². The molecule has 2 saturated heterocycles. The smallest absolute Gasteiger partial charge is 0.408 e. The summed E-state index contributed by atoms with van der Waals surface area (Å²) in [4.78, 5) is 37.1. The van der Waals surface area contributed by atoms with Crippen LogP contribution < -0.4 is 20.1 Å². The lowest BCUT2D eigenvalue weighted by molar-refractivity contribution is -0.152. The van der Waals surface area contributed by atoms with E-state index in [1.165, 1.54) is 29.0 Å². The number of halogens is 4. The monoisotopic (exact) mass is 511 g/mol. The molecule has 2 bridgehead atoms. The zero-order chi connectivity index (χ0) is 25.7. The van der Waals surface area contributed by atoms with E-state index in [1.807, 2.05) is 11.8 Å². The Morgan fingerprint density at radius 1 is 1.33 bits per heavy atom. The SMILES string of the molecule is CC12CO[C@H](CN1c1cc(=O)n3c(n1)N(CC(=O)c1ccc(OCCF)nc1)[C@H](C(F)(F)F)CC3)C2. The first kappa shape index (κ1) is 24.5. The number of aromatic nitrogens is 3. The Morgan fingerprint density at radius 2 is 2.14 bits per heavy atom. The van der Waals surface area contributed by atoms with Gasteiger partial charge in [-0.15, -0.1) is 0 Å². The number of carbonyl (C=O) groups is 1. The molecule has 3 atom stereocenters. The summed E-state index contributed by atoms with van der Waals surface area (Å²) < 4.78 is 66.3. The third kappa shape index (κ3) is 4.40. The second kappa shape index (κ2) is 9.02. The van der Waals surface area contributed by atoms with Gasteiger partial charge in [0.2, 0.25) is 11.8 Å². The number of pyridine rings is 1. The Bertz CT molecular complexity index is 1200. The molecule has 1 unspecified atom stereocenters. The molecule has 194 valence electrons. The number of carbonyl (C=O) groups excluding carboxylic acids is 1. The van der Waals surface area contributed by atoms with Gasteiger partial charge < -0.3 is 19.3 Å². The van der Waals surface area contributed by atoms with Crippen LogP contribution >= 0.6 is 0 Å². The number of fused-ring (bicyclic) bond motifs is 3. The Kier molecular flexibility index (Phi) is 6.13. The predicted octanol–water partition coefficient (Wildman–Crippen LogP) is 2.38.